The molecule has 8 heteroatoms. The minimum Gasteiger partial charge on any atom is -0.383 e. The second kappa shape index (κ2) is 7.13. The Morgan fingerprint density at radius 1 is 1.23 bits per heavy atom. The molecule has 3 aromatic heterocycles. The van der Waals surface area contributed by atoms with Crippen LogP contribution < -0.4 is 11.1 Å². The van der Waals surface area contributed by atoms with Crippen molar-refractivity contribution in [2.75, 3.05) is 24.1 Å². The van der Waals surface area contributed by atoms with Gasteiger partial charge in [-0.1, -0.05) is 0 Å². The van der Waals surface area contributed by atoms with Gasteiger partial charge in [-0.05, 0) is 38.3 Å². The molecule has 3 aromatic rings. The first-order valence-electron chi connectivity index (χ1n) is 8.86. The van der Waals surface area contributed by atoms with Gasteiger partial charge in [0.2, 0.25) is 5.95 Å². The molecule has 26 heavy (non-hydrogen) atoms. The summed E-state index contributed by atoms with van der Waals surface area (Å²) < 4.78 is 0. The van der Waals surface area contributed by atoms with E-state index in [-0.39, 0.29) is 0 Å². The van der Waals surface area contributed by atoms with Crippen molar-refractivity contribution in [2.45, 2.75) is 39.3 Å². The predicted molar refractivity (Wildman–Crippen MR) is 105 cm³/mol. The minimum atomic E-state index is 0.357. The lowest BCUT2D eigenvalue weighted by molar-refractivity contribution is 0.212. The van der Waals surface area contributed by atoms with E-state index in [2.05, 4.69) is 30.2 Å². The van der Waals surface area contributed by atoms with Crippen molar-refractivity contribution in [1.29, 1.82) is 0 Å². The number of pyridine rings is 1. The maximum Gasteiger partial charge on any atom is 0.226 e. The average Bonchev–Trinajstić information content (AvgIpc) is 3.08. The van der Waals surface area contributed by atoms with Crippen LogP contribution in [0.5, 0.6) is 0 Å². The molecule has 1 fully saturated rings. The molecule has 4 heterocycles. The Hall–Kier alpha value is -2.32. The molecule has 1 saturated heterocycles. The second-order valence-corrected chi connectivity index (χ2v) is 7.84. The number of aromatic nitrogens is 4. The molecule has 0 bridgehead atoms. The highest BCUT2D eigenvalue weighted by molar-refractivity contribution is 7.09. The number of nitrogens with two attached hydrogens (primary N) is 1. The number of aryl methyl sites for hydroxylation is 2. The first kappa shape index (κ1) is 17.1. The third-order valence-corrected chi connectivity index (χ3v) is 5.57. The average molecular weight is 369 g/mol. The molecule has 0 amide bonds. The number of likely N-dealkylation sites (tertiary alicyclic amines) is 1. The summed E-state index contributed by atoms with van der Waals surface area (Å²) in [4.78, 5) is 21.5. The lowest BCUT2D eigenvalue weighted by Gasteiger charge is -2.32. The third kappa shape index (κ3) is 3.61. The van der Waals surface area contributed by atoms with E-state index in [4.69, 9.17) is 5.73 Å². The standard InChI is InChI=1S/C18H23N7S/c1-11-7-12(2)21-17-15(11)16(19)23-18(24-17)22-13-3-5-25(6-4-13)9-14-8-20-10-26-14/h7-8,10,13H,3-6,9H2,1-2H3,(H3,19,21,22,23,24). The van der Waals surface area contributed by atoms with E-state index >= 15 is 0 Å². The SMILES string of the molecule is Cc1cc(C)c2c(N)nc(NC3CCN(Cc4cncs4)CC3)nc2n1. The Bertz CT molecular complexity index is 902. The van der Waals surface area contributed by atoms with E-state index in [1.165, 1.54) is 4.88 Å². The number of piperidine rings is 1. The van der Waals surface area contributed by atoms with E-state index in [1.54, 1.807) is 11.3 Å². The first-order valence-corrected chi connectivity index (χ1v) is 9.74. The number of anilines is 2. The number of thiazole rings is 1. The fraction of sp³-hybridized carbons (Fsp3) is 0.444. The Morgan fingerprint density at radius 2 is 2.04 bits per heavy atom. The van der Waals surface area contributed by atoms with Gasteiger partial charge in [0, 0.05) is 42.4 Å². The number of rotatable bonds is 4. The smallest absolute Gasteiger partial charge is 0.226 e. The van der Waals surface area contributed by atoms with Crippen molar-refractivity contribution in [2.24, 2.45) is 0 Å². The van der Waals surface area contributed by atoms with Gasteiger partial charge in [-0.25, -0.2) is 4.98 Å². The Kier molecular flexibility index (Phi) is 4.69. The monoisotopic (exact) mass is 369 g/mol. The molecule has 0 atom stereocenters. The number of nitrogens with zero attached hydrogens (tertiary/aromatic N) is 5. The molecule has 0 radical (unpaired) electrons. The molecule has 0 saturated carbocycles. The summed E-state index contributed by atoms with van der Waals surface area (Å²) in [5.74, 6) is 1.07. The molecule has 7 nitrogen and oxygen atoms in total. The number of fused-ring (bicyclic) bond motifs is 1. The number of hydrogen-bond acceptors (Lipinski definition) is 8. The third-order valence-electron chi connectivity index (χ3n) is 4.80. The molecule has 4 rings (SSSR count). The second-order valence-electron chi connectivity index (χ2n) is 6.87. The zero-order valence-corrected chi connectivity index (χ0v) is 15.9. The lowest BCUT2D eigenvalue weighted by Crippen LogP contribution is -2.38. The van der Waals surface area contributed by atoms with E-state index < -0.39 is 0 Å². The lowest BCUT2D eigenvalue weighted by atomic mass is 10.1. The van der Waals surface area contributed by atoms with Crippen LogP contribution in [0.3, 0.4) is 0 Å². The van der Waals surface area contributed by atoms with Crippen LogP contribution in [-0.4, -0.2) is 44.0 Å². The maximum atomic E-state index is 6.17. The zero-order valence-electron chi connectivity index (χ0n) is 15.1. The van der Waals surface area contributed by atoms with Crippen LogP contribution in [0.4, 0.5) is 11.8 Å². The van der Waals surface area contributed by atoms with Gasteiger partial charge in [0.05, 0.1) is 10.9 Å². The normalized spacial score (nSPS) is 16.2. The number of hydrogen-bond donors (Lipinski definition) is 2. The number of nitrogen functional groups attached to an aromatic ring is 1. The Balaban J connectivity index is 1.43. The highest BCUT2D eigenvalue weighted by atomic mass is 32.1. The summed E-state index contributed by atoms with van der Waals surface area (Å²) in [5, 5.41) is 4.30. The molecule has 0 aliphatic carbocycles. The molecular weight excluding hydrogens is 346 g/mol. The van der Waals surface area contributed by atoms with Gasteiger partial charge in [0.1, 0.15) is 5.82 Å². The van der Waals surface area contributed by atoms with Gasteiger partial charge in [0.15, 0.2) is 5.65 Å². The van der Waals surface area contributed by atoms with E-state index in [0.29, 0.717) is 23.5 Å². The predicted octanol–water partition coefficient (Wildman–Crippen LogP) is 2.76. The van der Waals surface area contributed by atoms with Crippen LogP contribution in [0.15, 0.2) is 17.8 Å². The van der Waals surface area contributed by atoms with Crippen LogP contribution in [0.1, 0.15) is 29.0 Å². The van der Waals surface area contributed by atoms with Crippen LogP contribution >= 0.6 is 11.3 Å². The summed E-state index contributed by atoms with van der Waals surface area (Å²) in [5.41, 5.74) is 10.7. The topological polar surface area (TPSA) is 92.8 Å². The maximum absolute atomic E-state index is 6.17. The van der Waals surface area contributed by atoms with Crippen molar-refractivity contribution in [1.82, 2.24) is 24.8 Å². The summed E-state index contributed by atoms with van der Waals surface area (Å²) in [6.45, 7) is 7.07. The molecular formula is C18H23N7S. The molecule has 0 unspecified atom stereocenters. The van der Waals surface area contributed by atoms with Gasteiger partial charge >= 0.3 is 0 Å². The van der Waals surface area contributed by atoms with Gasteiger partial charge < -0.3 is 11.1 Å². The first-order chi connectivity index (χ1) is 12.6. The molecule has 0 spiro atoms. The molecule has 1 aliphatic rings. The summed E-state index contributed by atoms with van der Waals surface area (Å²) in [7, 11) is 0. The fourth-order valence-corrected chi connectivity index (χ4v) is 4.17. The molecule has 1 aliphatic heterocycles. The van der Waals surface area contributed by atoms with Gasteiger partial charge in [-0.2, -0.15) is 9.97 Å². The molecule has 0 aromatic carbocycles. The highest BCUT2D eigenvalue weighted by Crippen LogP contribution is 2.24. The summed E-state index contributed by atoms with van der Waals surface area (Å²) in [6, 6.07) is 2.36. The van der Waals surface area contributed by atoms with Gasteiger partial charge in [-0.15, -0.1) is 11.3 Å². The van der Waals surface area contributed by atoms with Crippen LogP contribution in [0.2, 0.25) is 0 Å². The van der Waals surface area contributed by atoms with Crippen molar-refractivity contribution in [3.05, 3.63) is 33.9 Å². The molecule has 136 valence electrons. The summed E-state index contributed by atoms with van der Waals surface area (Å²) >= 11 is 1.72. The van der Waals surface area contributed by atoms with Gasteiger partial charge in [0.25, 0.3) is 0 Å². The fourth-order valence-electron chi connectivity index (χ4n) is 3.53. The summed E-state index contributed by atoms with van der Waals surface area (Å²) in [6.07, 6.45) is 4.07. The van der Waals surface area contributed by atoms with Crippen molar-refractivity contribution in [3.8, 4) is 0 Å². The van der Waals surface area contributed by atoms with E-state index in [1.807, 2.05) is 31.6 Å². The van der Waals surface area contributed by atoms with Crippen LogP contribution in [0, 0.1) is 13.8 Å². The zero-order chi connectivity index (χ0) is 18.1. The van der Waals surface area contributed by atoms with Crippen molar-refractivity contribution in [3.63, 3.8) is 0 Å². The van der Waals surface area contributed by atoms with E-state index in [9.17, 15) is 0 Å². The minimum absolute atomic E-state index is 0.357. The largest absolute Gasteiger partial charge is 0.383 e. The van der Waals surface area contributed by atoms with Gasteiger partial charge in [-0.3, -0.25) is 9.88 Å². The quantitative estimate of drug-likeness (QED) is 0.730. The van der Waals surface area contributed by atoms with Crippen molar-refractivity contribution >= 4 is 34.1 Å². The Morgan fingerprint density at radius 3 is 2.77 bits per heavy atom. The Labute approximate surface area is 156 Å². The highest BCUT2D eigenvalue weighted by Gasteiger charge is 2.21. The molecule has 3 N–H and O–H groups in total. The number of nitrogens with one attached hydrogen (secondary N) is 1. The van der Waals surface area contributed by atoms with Crippen molar-refractivity contribution < 1.29 is 0 Å². The van der Waals surface area contributed by atoms with E-state index in [0.717, 1.165) is 49.1 Å². The van der Waals surface area contributed by atoms with Crippen LogP contribution in [-0.2, 0) is 6.54 Å². The van der Waals surface area contributed by atoms with Crippen LogP contribution in [0.25, 0.3) is 11.0 Å².